The topological polar surface area (TPSA) is 101 Å². The number of amides is 1. The average Bonchev–Trinajstić information content (AvgIpc) is 2.97. The van der Waals surface area contributed by atoms with Gasteiger partial charge in [0.15, 0.2) is 0 Å². The van der Waals surface area contributed by atoms with E-state index >= 15 is 0 Å². The first-order chi connectivity index (χ1) is 13.6. The second kappa shape index (κ2) is 7.84. The Bertz CT molecular complexity index is 1210. The minimum absolute atomic E-state index is 0.00948. The van der Waals surface area contributed by atoms with E-state index in [0.717, 1.165) is 12.1 Å². The maximum Gasteiger partial charge on any atom is 0.262 e. The van der Waals surface area contributed by atoms with Gasteiger partial charge < -0.3 is 4.52 Å². The summed E-state index contributed by atoms with van der Waals surface area (Å²) in [5.74, 6) is -0.809. The van der Waals surface area contributed by atoms with Gasteiger partial charge in [-0.15, -0.1) is 0 Å². The summed E-state index contributed by atoms with van der Waals surface area (Å²) in [5, 5.41) is 6.31. The normalized spacial score (nSPS) is 11.3. The van der Waals surface area contributed by atoms with Crippen molar-refractivity contribution >= 4 is 39.1 Å². The first-order valence-corrected chi connectivity index (χ1v) is 10.3. The summed E-state index contributed by atoms with van der Waals surface area (Å²) >= 11 is 5.94. The third-order valence-electron chi connectivity index (χ3n) is 4.09. The highest BCUT2D eigenvalue weighted by atomic mass is 35.5. The van der Waals surface area contributed by atoms with E-state index < -0.39 is 15.8 Å². The number of hydrogen-bond donors (Lipinski definition) is 2. The van der Waals surface area contributed by atoms with E-state index in [1.807, 2.05) is 0 Å². The minimum atomic E-state index is -4.04. The molecule has 10 heteroatoms. The zero-order chi connectivity index (χ0) is 21.3. The molecule has 0 saturated carbocycles. The number of hydrogen-bond acceptors (Lipinski definition) is 5. The summed E-state index contributed by atoms with van der Waals surface area (Å²) in [4.78, 5) is 11.4. The molecule has 0 unspecified atom stereocenters. The zero-order valence-corrected chi connectivity index (χ0v) is 17.3. The van der Waals surface area contributed by atoms with E-state index in [-0.39, 0.29) is 27.4 Å². The largest absolute Gasteiger partial charge is 0.337 e. The second-order valence-electron chi connectivity index (χ2n) is 6.36. The van der Waals surface area contributed by atoms with Crippen LogP contribution in [0.4, 0.5) is 16.0 Å². The molecule has 0 saturated heterocycles. The van der Waals surface area contributed by atoms with Crippen molar-refractivity contribution in [2.75, 3.05) is 10.0 Å². The Hall–Kier alpha value is -2.91. The van der Waals surface area contributed by atoms with E-state index in [0.29, 0.717) is 22.4 Å². The van der Waals surface area contributed by atoms with Crippen molar-refractivity contribution in [3.63, 3.8) is 0 Å². The van der Waals surface area contributed by atoms with Gasteiger partial charge in [-0.1, -0.05) is 28.9 Å². The average molecular weight is 438 g/mol. The molecule has 29 heavy (non-hydrogen) atoms. The molecule has 2 aromatic carbocycles. The Labute approximate surface area is 171 Å². The van der Waals surface area contributed by atoms with Crippen LogP contribution in [0.3, 0.4) is 0 Å². The lowest BCUT2D eigenvalue weighted by molar-refractivity contribution is -0.114. The van der Waals surface area contributed by atoms with E-state index in [2.05, 4.69) is 15.2 Å². The number of rotatable bonds is 5. The molecule has 0 radical (unpaired) electrons. The molecule has 0 bridgehead atoms. The number of aromatic nitrogens is 1. The van der Waals surface area contributed by atoms with Crippen LogP contribution < -0.4 is 10.0 Å². The van der Waals surface area contributed by atoms with Crippen LogP contribution in [0.2, 0.25) is 5.02 Å². The molecule has 0 aliphatic rings. The van der Waals surface area contributed by atoms with Gasteiger partial charge in [-0.3, -0.25) is 14.8 Å². The van der Waals surface area contributed by atoms with Crippen molar-refractivity contribution in [3.05, 3.63) is 58.5 Å². The summed E-state index contributed by atoms with van der Waals surface area (Å²) in [6.07, 6.45) is 0. The molecular formula is C19H17ClFN3O4S. The Morgan fingerprint density at radius 3 is 2.55 bits per heavy atom. The molecule has 0 atom stereocenters. The van der Waals surface area contributed by atoms with E-state index in [1.165, 1.54) is 19.1 Å². The highest BCUT2D eigenvalue weighted by molar-refractivity contribution is 7.92. The number of sulfonamides is 1. The van der Waals surface area contributed by atoms with E-state index in [9.17, 15) is 17.6 Å². The van der Waals surface area contributed by atoms with Gasteiger partial charge in [-0.05, 0) is 49.2 Å². The minimum Gasteiger partial charge on any atom is -0.337 e. The molecule has 0 fully saturated rings. The molecule has 1 heterocycles. The molecule has 0 aliphatic heterocycles. The van der Waals surface area contributed by atoms with Crippen LogP contribution in [-0.4, -0.2) is 19.5 Å². The number of nitrogens with one attached hydrogen (secondary N) is 2. The van der Waals surface area contributed by atoms with Crippen molar-refractivity contribution in [2.45, 2.75) is 25.7 Å². The Kier molecular flexibility index (Phi) is 5.63. The van der Waals surface area contributed by atoms with Crippen LogP contribution in [-0.2, 0) is 14.8 Å². The quantitative estimate of drug-likeness (QED) is 0.611. The molecular weight excluding hydrogens is 421 g/mol. The molecule has 2 N–H and O–H groups in total. The molecule has 0 spiro atoms. The predicted molar refractivity (Wildman–Crippen MR) is 108 cm³/mol. The summed E-state index contributed by atoms with van der Waals surface area (Å²) < 4.78 is 46.7. The maximum atomic E-state index is 13.2. The number of aryl methyl sites for hydroxylation is 2. The van der Waals surface area contributed by atoms with Crippen LogP contribution in [0.15, 0.2) is 45.8 Å². The number of anilines is 2. The Morgan fingerprint density at radius 2 is 1.90 bits per heavy atom. The van der Waals surface area contributed by atoms with E-state index in [1.54, 1.807) is 26.0 Å². The SMILES string of the molecule is CC(=O)Nc1onc(C)c1-c1ccc(C)c(S(=O)(=O)Nc2ccc(F)cc2Cl)c1. The lowest BCUT2D eigenvalue weighted by Crippen LogP contribution is -2.15. The zero-order valence-electron chi connectivity index (χ0n) is 15.7. The summed E-state index contributed by atoms with van der Waals surface area (Å²) in [6, 6.07) is 8.13. The highest BCUT2D eigenvalue weighted by Crippen LogP contribution is 2.34. The predicted octanol–water partition coefficient (Wildman–Crippen LogP) is 4.51. The molecule has 3 rings (SSSR count). The molecule has 152 valence electrons. The molecule has 1 aromatic heterocycles. The molecule has 3 aromatic rings. The third kappa shape index (κ3) is 4.41. The van der Waals surface area contributed by atoms with Crippen molar-refractivity contribution in [1.82, 2.24) is 5.16 Å². The van der Waals surface area contributed by atoms with Crippen LogP contribution in [0.5, 0.6) is 0 Å². The number of benzene rings is 2. The molecule has 0 aliphatic carbocycles. The van der Waals surface area contributed by atoms with Gasteiger partial charge in [0.05, 0.1) is 26.9 Å². The van der Waals surface area contributed by atoms with Gasteiger partial charge in [0.1, 0.15) is 5.82 Å². The number of carbonyl (C=O) groups excluding carboxylic acids is 1. The summed E-state index contributed by atoms with van der Waals surface area (Å²) in [5.41, 5.74) is 1.98. The first-order valence-electron chi connectivity index (χ1n) is 8.41. The molecule has 7 nitrogen and oxygen atoms in total. The van der Waals surface area contributed by atoms with Crippen LogP contribution in [0.25, 0.3) is 11.1 Å². The van der Waals surface area contributed by atoms with Crippen LogP contribution in [0.1, 0.15) is 18.2 Å². The van der Waals surface area contributed by atoms with Crippen molar-refractivity contribution in [1.29, 1.82) is 0 Å². The standard InChI is InChI=1S/C19H17ClFN3O4S/c1-10-4-5-13(18-11(2)23-28-19(18)22-12(3)25)8-17(10)29(26,27)24-16-7-6-14(21)9-15(16)20/h4-9,24H,1-3H3,(H,22,25). The van der Waals surface area contributed by atoms with Crippen LogP contribution in [0, 0.1) is 19.7 Å². The third-order valence-corrected chi connectivity index (χ3v) is 5.91. The first kappa shape index (κ1) is 20.8. The van der Waals surface area contributed by atoms with Gasteiger partial charge in [0.2, 0.25) is 11.8 Å². The van der Waals surface area contributed by atoms with Gasteiger partial charge in [0, 0.05) is 6.92 Å². The van der Waals surface area contributed by atoms with Crippen molar-refractivity contribution in [2.24, 2.45) is 0 Å². The highest BCUT2D eigenvalue weighted by Gasteiger charge is 2.22. The van der Waals surface area contributed by atoms with Gasteiger partial charge >= 0.3 is 0 Å². The van der Waals surface area contributed by atoms with Gasteiger partial charge in [-0.2, -0.15) is 0 Å². The van der Waals surface area contributed by atoms with Gasteiger partial charge in [0.25, 0.3) is 10.0 Å². The smallest absolute Gasteiger partial charge is 0.262 e. The van der Waals surface area contributed by atoms with Crippen molar-refractivity contribution < 1.29 is 22.1 Å². The second-order valence-corrected chi connectivity index (χ2v) is 8.42. The fraction of sp³-hybridized carbons (Fsp3) is 0.158. The van der Waals surface area contributed by atoms with Crippen molar-refractivity contribution in [3.8, 4) is 11.1 Å². The Morgan fingerprint density at radius 1 is 1.17 bits per heavy atom. The lowest BCUT2D eigenvalue weighted by atomic mass is 10.0. The Balaban J connectivity index is 2.06. The lowest BCUT2D eigenvalue weighted by Gasteiger charge is -2.13. The van der Waals surface area contributed by atoms with Crippen LogP contribution >= 0.6 is 11.6 Å². The van der Waals surface area contributed by atoms with E-state index in [4.69, 9.17) is 16.1 Å². The summed E-state index contributed by atoms with van der Waals surface area (Å²) in [7, 11) is -4.04. The molecule has 1 amide bonds. The number of nitrogens with zero attached hydrogens (tertiary/aromatic N) is 1. The monoisotopic (exact) mass is 437 g/mol. The fourth-order valence-electron chi connectivity index (χ4n) is 2.77. The summed E-state index contributed by atoms with van der Waals surface area (Å²) in [6.45, 7) is 4.64. The number of halogens is 2. The maximum absolute atomic E-state index is 13.2. The van der Waals surface area contributed by atoms with Gasteiger partial charge in [-0.25, -0.2) is 12.8 Å². The fourth-order valence-corrected chi connectivity index (χ4v) is 4.39. The number of carbonyl (C=O) groups is 1.